The number of aldehydes is 1. The summed E-state index contributed by atoms with van der Waals surface area (Å²) in [6.07, 6.45) is 0.647. The van der Waals surface area contributed by atoms with Crippen LogP contribution in [0.5, 0.6) is 5.75 Å². The molecule has 0 saturated carbocycles. The summed E-state index contributed by atoms with van der Waals surface area (Å²) >= 11 is 11.9. The fourth-order valence-electron chi connectivity index (χ4n) is 1.54. The van der Waals surface area contributed by atoms with Crippen molar-refractivity contribution in [2.24, 2.45) is 0 Å². The predicted octanol–water partition coefficient (Wildman–Crippen LogP) is 4.38. The van der Waals surface area contributed by atoms with Gasteiger partial charge in [-0.2, -0.15) is 0 Å². The summed E-state index contributed by atoms with van der Waals surface area (Å²) in [4.78, 5) is 11.0. The molecular formula is C14H10Cl2O2. The van der Waals surface area contributed by atoms with E-state index in [-0.39, 0.29) is 5.56 Å². The van der Waals surface area contributed by atoms with Gasteiger partial charge in [-0.25, -0.2) is 0 Å². The first kappa shape index (κ1) is 12.9. The second-order valence-electron chi connectivity index (χ2n) is 3.66. The quantitative estimate of drug-likeness (QED) is 0.777. The molecule has 0 saturated heterocycles. The predicted molar refractivity (Wildman–Crippen MR) is 72.6 cm³/mol. The monoisotopic (exact) mass is 280 g/mol. The molecule has 0 spiro atoms. The minimum Gasteiger partial charge on any atom is -0.487 e. The highest BCUT2D eigenvalue weighted by molar-refractivity contribution is 6.36. The van der Waals surface area contributed by atoms with Gasteiger partial charge in [0, 0.05) is 0 Å². The van der Waals surface area contributed by atoms with Crippen molar-refractivity contribution < 1.29 is 9.53 Å². The van der Waals surface area contributed by atoms with Crippen molar-refractivity contribution >= 4 is 29.5 Å². The van der Waals surface area contributed by atoms with Crippen LogP contribution in [-0.2, 0) is 6.61 Å². The van der Waals surface area contributed by atoms with Crippen molar-refractivity contribution in [3.8, 4) is 5.75 Å². The number of ether oxygens (including phenoxy) is 1. The first-order valence-corrected chi connectivity index (χ1v) is 6.08. The molecule has 92 valence electrons. The Labute approximate surface area is 115 Å². The maximum atomic E-state index is 11.0. The van der Waals surface area contributed by atoms with Crippen molar-refractivity contribution in [1.82, 2.24) is 0 Å². The highest BCUT2D eigenvalue weighted by atomic mass is 35.5. The van der Waals surface area contributed by atoms with Crippen LogP contribution in [0.1, 0.15) is 15.9 Å². The molecule has 2 aromatic carbocycles. The number of halogens is 2. The average Bonchev–Trinajstić information content (AvgIpc) is 2.41. The molecule has 0 aliphatic carbocycles. The van der Waals surface area contributed by atoms with E-state index < -0.39 is 0 Å². The number of hydrogen-bond donors (Lipinski definition) is 0. The SMILES string of the molecule is O=Cc1c(Cl)ccc(Cl)c1OCc1ccccc1. The van der Waals surface area contributed by atoms with Gasteiger partial charge in [-0.1, -0.05) is 53.5 Å². The molecule has 0 aliphatic heterocycles. The van der Waals surface area contributed by atoms with E-state index in [1.807, 2.05) is 30.3 Å². The lowest BCUT2D eigenvalue weighted by molar-refractivity contribution is 0.111. The van der Waals surface area contributed by atoms with Crippen molar-refractivity contribution in [2.45, 2.75) is 6.61 Å². The Morgan fingerprint density at radius 2 is 1.67 bits per heavy atom. The topological polar surface area (TPSA) is 26.3 Å². The van der Waals surface area contributed by atoms with Crippen LogP contribution >= 0.6 is 23.2 Å². The lowest BCUT2D eigenvalue weighted by atomic mass is 10.2. The Bertz CT molecular complexity index is 553. The Kier molecular flexibility index (Phi) is 4.24. The molecule has 18 heavy (non-hydrogen) atoms. The molecule has 0 bridgehead atoms. The first-order chi connectivity index (χ1) is 8.72. The van der Waals surface area contributed by atoms with E-state index in [1.54, 1.807) is 12.1 Å². The molecule has 2 rings (SSSR count). The molecular weight excluding hydrogens is 271 g/mol. The summed E-state index contributed by atoms with van der Waals surface area (Å²) in [6.45, 7) is 0.335. The molecule has 0 unspecified atom stereocenters. The second-order valence-corrected chi connectivity index (χ2v) is 4.48. The van der Waals surface area contributed by atoms with Crippen LogP contribution in [0.2, 0.25) is 10.0 Å². The number of rotatable bonds is 4. The van der Waals surface area contributed by atoms with Gasteiger partial charge in [0.1, 0.15) is 12.4 Å². The molecule has 2 aromatic rings. The van der Waals surface area contributed by atoms with E-state index in [4.69, 9.17) is 27.9 Å². The van der Waals surface area contributed by atoms with Crippen molar-refractivity contribution in [3.05, 3.63) is 63.6 Å². The van der Waals surface area contributed by atoms with Gasteiger partial charge in [0.15, 0.2) is 6.29 Å². The standard InChI is InChI=1S/C14H10Cl2O2/c15-12-6-7-13(16)14(11(12)8-17)18-9-10-4-2-1-3-5-10/h1-8H,9H2. The molecule has 0 aliphatic rings. The summed E-state index contributed by atoms with van der Waals surface area (Å²) in [5.41, 5.74) is 1.27. The summed E-state index contributed by atoms with van der Waals surface area (Å²) in [6, 6.07) is 12.8. The van der Waals surface area contributed by atoms with Crippen LogP contribution in [0.3, 0.4) is 0 Å². The van der Waals surface area contributed by atoms with Gasteiger partial charge in [0.2, 0.25) is 0 Å². The van der Waals surface area contributed by atoms with Crippen LogP contribution in [0.25, 0.3) is 0 Å². The molecule has 0 heterocycles. The Balaban J connectivity index is 2.24. The van der Waals surface area contributed by atoms with E-state index >= 15 is 0 Å². The largest absolute Gasteiger partial charge is 0.487 e. The van der Waals surface area contributed by atoms with E-state index in [9.17, 15) is 4.79 Å². The molecule has 0 atom stereocenters. The summed E-state index contributed by atoms with van der Waals surface area (Å²) < 4.78 is 5.58. The van der Waals surface area contributed by atoms with Crippen LogP contribution < -0.4 is 4.74 Å². The number of carbonyl (C=O) groups is 1. The van der Waals surface area contributed by atoms with Gasteiger partial charge >= 0.3 is 0 Å². The summed E-state index contributed by atoms with van der Waals surface area (Å²) in [5, 5.41) is 0.704. The smallest absolute Gasteiger partial charge is 0.155 e. The molecule has 0 N–H and O–H groups in total. The molecule has 4 heteroatoms. The van der Waals surface area contributed by atoms with E-state index in [2.05, 4.69) is 0 Å². The zero-order valence-electron chi connectivity index (χ0n) is 9.40. The third-order valence-corrected chi connectivity index (χ3v) is 3.07. The van der Waals surface area contributed by atoms with Gasteiger partial charge in [-0.3, -0.25) is 4.79 Å². The lowest BCUT2D eigenvalue weighted by Gasteiger charge is -2.11. The minimum atomic E-state index is 0.278. The van der Waals surface area contributed by atoms with Gasteiger partial charge < -0.3 is 4.74 Å². The fraction of sp³-hybridized carbons (Fsp3) is 0.0714. The Morgan fingerprint density at radius 1 is 1.00 bits per heavy atom. The Morgan fingerprint density at radius 3 is 2.33 bits per heavy atom. The lowest BCUT2D eigenvalue weighted by Crippen LogP contribution is -1.99. The van der Waals surface area contributed by atoms with Gasteiger partial charge in [-0.05, 0) is 17.7 Å². The number of benzene rings is 2. The van der Waals surface area contributed by atoms with Crippen LogP contribution in [0.4, 0.5) is 0 Å². The summed E-state index contributed by atoms with van der Waals surface area (Å²) in [7, 11) is 0. The van der Waals surface area contributed by atoms with Crippen molar-refractivity contribution in [2.75, 3.05) is 0 Å². The van der Waals surface area contributed by atoms with Crippen molar-refractivity contribution in [1.29, 1.82) is 0 Å². The molecule has 0 aromatic heterocycles. The van der Waals surface area contributed by atoms with Gasteiger partial charge in [0.25, 0.3) is 0 Å². The summed E-state index contributed by atoms with van der Waals surface area (Å²) in [5.74, 6) is 0.322. The Hall–Kier alpha value is -1.51. The van der Waals surface area contributed by atoms with Crippen LogP contribution in [-0.4, -0.2) is 6.29 Å². The van der Waals surface area contributed by atoms with Crippen molar-refractivity contribution in [3.63, 3.8) is 0 Å². The number of hydrogen-bond acceptors (Lipinski definition) is 2. The molecule has 0 radical (unpaired) electrons. The molecule has 0 fully saturated rings. The zero-order valence-corrected chi connectivity index (χ0v) is 10.9. The minimum absolute atomic E-state index is 0.278. The highest BCUT2D eigenvalue weighted by Gasteiger charge is 2.12. The van der Waals surface area contributed by atoms with E-state index in [0.29, 0.717) is 28.7 Å². The third kappa shape index (κ3) is 2.84. The number of carbonyl (C=O) groups excluding carboxylic acids is 1. The van der Waals surface area contributed by atoms with Gasteiger partial charge in [0.05, 0.1) is 15.6 Å². The van der Waals surface area contributed by atoms with E-state index in [0.717, 1.165) is 5.56 Å². The molecule has 2 nitrogen and oxygen atoms in total. The second kappa shape index (κ2) is 5.89. The third-order valence-electron chi connectivity index (χ3n) is 2.44. The van der Waals surface area contributed by atoms with Crippen LogP contribution in [0, 0.1) is 0 Å². The molecule has 0 amide bonds. The highest BCUT2D eigenvalue weighted by Crippen LogP contribution is 2.33. The average molecular weight is 281 g/mol. The maximum Gasteiger partial charge on any atom is 0.155 e. The fourth-order valence-corrected chi connectivity index (χ4v) is 1.95. The maximum absolute atomic E-state index is 11.0. The van der Waals surface area contributed by atoms with E-state index in [1.165, 1.54) is 0 Å². The zero-order chi connectivity index (χ0) is 13.0. The van der Waals surface area contributed by atoms with Gasteiger partial charge in [-0.15, -0.1) is 0 Å². The first-order valence-electron chi connectivity index (χ1n) is 5.32. The van der Waals surface area contributed by atoms with Crippen LogP contribution in [0.15, 0.2) is 42.5 Å². The normalized spacial score (nSPS) is 10.1.